The van der Waals surface area contributed by atoms with Gasteiger partial charge in [-0.15, -0.1) is 13.2 Å². The van der Waals surface area contributed by atoms with E-state index < -0.39 is 41.6 Å². The number of ether oxygens (including phenoxy) is 2. The fourth-order valence-electron chi connectivity index (χ4n) is 3.31. The normalized spacial score (nSPS) is 11.9. The maximum atomic E-state index is 13.0. The standard InChI is InChI=1S/C27H20BrF6N3O5/c28-21-13-17(26(29,30)31)5-10-22(21)37-14-20(15-1-8-19(9-2-15)42-27(32,33)34)24(35)41-18-6-3-16(4-7-18)25(40)36-12-11-23(38)39/h1-10,13-14,35,37H,11-12H2,(H,36,40)(H,38,39)/b20-14-,35-24?. The van der Waals surface area contributed by atoms with Crippen LogP contribution in [0.15, 0.2) is 77.4 Å². The van der Waals surface area contributed by atoms with Crippen LogP contribution >= 0.6 is 15.9 Å². The number of carboxylic acids is 1. The molecule has 0 fully saturated rings. The van der Waals surface area contributed by atoms with Crippen LogP contribution < -0.4 is 20.1 Å². The van der Waals surface area contributed by atoms with Crippen molar-refractivity contribution < 1.29 is 50.5 Å². The SMILES string of the molecule is N=C(Oc1ccc(C(=O)NCCC(=O)O)cc1)/C(=C\Nc1ccc(C(F)(F)F)cc1Br)c1ccc(OC(F)(F)F)cc1. The summed E-state index contributed by atoms with van der Waals surface area (Å²) in [6.07, 6.45) is -8.54. The number of carbonyl (C=O) groups excluding carboxylic acids is 1. The van der Waals surface area contributed by atoms with Crippen LogP contribution in [0.4, 0.5) is 32.0 Å². The first-order valence-electron chi connectivity index (χ1n) is 11.7. The van der Waals surface area contributed by atoms with Gasteiger partial charge in [-0.1, -0.05) is 12.1 Å². The molecule has 4 N–H and O–H groups in total. The number of aliphatic carboxylic acids is 1. The largest absolute Gasteiger partial charge is 0.573 e. The van der Waals surface area contributed by atoms with Crippen molar-refractivity contribution in [2.45, 2.75) is 19.0 Å². The number of anilines is 1. The average Bonchev–Trinajstić information content (AvgIpc) is 2.89. The maximum Gasteiger partial charge on any atom is 0.573 e. The Morgan fingerprint density at radius 3 is 2.05 bits per heavy atom. The van der Waals surface area contributed by atoms with Crippen molar-refractivity contribution in [3.63, 3.8) is 0 Å². The van der Waals surface area contributed by atoms with Crippen molar-refractivity contribution >= 4 is 45.0 Å². The number of carboxylic acid groups (broad SMARTS) is 1. The first-order valence-corrected chi connectivity index (χ1v) is 12.5. The van der Waals surface area contributed by atoms with Gasteiger partial charge in [0.2, 0.25) is 5.90 Å². The number of nitrogens with one attached hydrogen (secondary N) is 3. The van der Waals surface area contributed by atoms with Crippen LogP contribution in [0.2, 0.25) is 0 Å². The van der Waals surface area contributed by atoms with Crippen molar-refractivity contribution in [2.75, 3.05) is 11.9 Å². The third-order valence-electron chi connectivity index (χ3n) is 5.27. The van der Waals surface area contributed by atoms with Gasteiger partial charge in [0, 0.05) is 22.8 Å². The Labute approximate surface area is 242 Å². The fraction of sp³-hybridized carbons (Fsp3) is 0.148. The third-order valence-corrected chi connectivity index (χ3v) is 5.93. The topological polar surface area (TPSA) is 121 Å². The van der Waals surface area contributed by atoms with E-state index >= 15 is 0 Å². The highest BCUT2D eigenvalue weighted by Crippen LogP contribution is 2.34. The van der Waals surface area contributed by atoms with Crippen LogP contribution in [0.25, 0.3) is 5.57 Å². The van der Waals surface area contributed by atoms with E-state index in [2.05, 4.69) is 31.3 Å². The van der Waals surface area contributed by atoms with Gasteiger partial charge in [0.1, 0.15) is 11.5 Å². The molecule has 0 bridgehead atoms. The van der Waals surface area contributed by atoms with Gasteiger partial charge in [0.25, 0.3) is 5.91 Å². The number of hydrogen-bond donors (Lipinski definition) is 4. The summed E-state index contributed by atoms with van der Waals surface area (Å²) in [6, 6.07) is 12.7. The van der Waals surface area contributed by atoms with Gasteiger partial charge in [-0.3, -0.25) is 15.0 Å². The van der Waals surface area contributed by atoms with Crippen LogP contribution in [0.5, 0.6) is 11.5 Å². The van der Waals surface area contributed by atoms with E-state index in [9.17, 15) is 35.9 Å². The minimum Gasteiger partial charge on any atom is -0.481 e. The van der Waals surface area contributed by atoms with Gasteiger partial charge in [-0.25, -0.2) is 0 Å². The second kappa shape index (κ2) is 13.4. The molecular weight excluding hydrogens is 640 g/mol. The molecule has 0 heterocycles. The van der Waals surface area contributed by atoms with E-state index in [0.717, 1.165) is 30.3 Å². The number of amides is 1. The van der Waals surface area contributed by atoms with E-state index in [1.54, 1.807) is 0 Å². The van der Waals surface area contributed by atoms with Crippen LogP contribution in [-0.2, 0) is 11.0 Å². The zero-order valence-electron chi connectivity index (χ0n) is 21.1. The van der Waals surface area contributed by atoms with Gasteiger partial charge >= 0.3 is 18.5 Å². The summed E-state index contributed by atoms with van der Waals surface area (Å²) in [5.74, 6) is -2.54. The lowest BCUT2D eigenvalue weighted by Gasteiger charge is -2.15. The number of benzene rings is 3. The summed E-state index contributed by atoms with van der Waals surface area (Å²) in [5, 5.41) is 22.3. The molecule has 0 aliphatic heterocycles. The molecule has 0 saturated heterocycles. The quantitative estimate of drug-likeness (QED) is 0.105. The van der Waals surface area contributed by atoms with Crippen molar-refractivity contribution in [3.8, 4) is 11.5 Å². The molecule has 3 aromatic carbocycles. The molecule has 222 valence electrons. The van der Waals surface area contributed by atoms with E-state index in [1.807, 2.05) is 0 Å². The molecular formula is C27H20BrF6N3O5. The van der Waals surface area contributed by atoms with Gasteiger partial charge < -0.3 is 25.2 Å². The fourth-order valence-corrected chi connectivity index (χ4v) is 3.80. The molecule has 0 aromatic heterocycles. The number of hydrogen-bond acceptors (Lipinski definition) is 6. The summed E-state index contributed by atoms with van der Waals surface area (Å²) >= 11 is 3.05. The summed E-state index contributed by atoms with van der Waals surface area (Å²) in [4.78, 5) is 22.7. The molecule has 0 spiro atoms. The molecule has 15 heteroatoms. The average molecular weight is 660 g/mol. The van der Waals surface area contributed by atoms with Crippen molar-refractivity contribution in [1.29, 1.82) is 5.41 Å². The number of rotatable bonds is 10. The van der Waals surface area contributed by atoms with Crippen molar-refractivity contribution in [1.82, 2.24) is 5.32 Å². The van der Waals surface area contributed by atoms with Crippen LogP contribution in [0.1, 0.15) is 27.9 Å². The molecule has 1 amide bonds. The monoisotopic (exact) mass is 659 g/mol. The zero-order chi connectivity index (χ0) is 31.1. The number of halogens is 7. The maximum absolute atomic E-state index is 13.0. The molecule has 0 aliphatic rings. The minimum atomic E-state index is -4.92. The van der Waals surface area contributed by atoms with Gasteiger partial charge in [0.05, 0.1) is 23.2 Å². The van der Waals surface area contributed by atoms with Gasteiger partial charge in [-0.05, 0) is 76.1 Å². The van der Waals surface area contributed by atoms with E-state index in [1.165, 1.54) is 42.6 Å². The lowest BCUT2D eigenvalue weighted by atomic mass is 10.1. The van der Waals surface area contributed by atoms with Crippen LogP contribution in [0.3, 0.4) is 0 Å². The minimum absolute atomic E-state index is 0.00385. The Bertz CT molecular complexity index is 1470. The molecule has 42 heavy (non-hydrogen) atoms. The molecule has 3 aromatic rings. The Hall–Kier alpha value is -4.53. The zero-order valence-corrected chi connectivity index (χ0v) is 22.7. The smallest absolute Gasteiger partial charge is 0.481 e. The molecule has 0 saturated carbocycles. The highest BCUT2D eigenvalue weighted by molar-refractivity contribution is 9.10. The highest BCUT2D eigenvalue weighted by Gasteiger charge is 2.31. The Morgan fingerprint density at radius 1 is 0.905 bits per heavy atom. The first kappa shape index (κ1) is 32.0. The summed E-state index contributed by atoms with van der Waals surface area (Å²) in [5.41, 5.74) is -0.345. The van der Waals surface area contributed by atoms with E-state index in [0.29, 0.717) is 0 Å². The van der Waals surface area contributed by atoms with E-state index in [4.69, 9.17) is 15.3 Å². The second-order valence-corrected chi connectivity index (χ2v) is 9.18. The molecule has 0 radical (unpaired) electrons. The first-order chi connectivity index (χ1) is 19.6. The molecule has 3 rings (SSSR count). The summed E-state index contributed by atoms with van der Waals surface area (Å²) < 4.78 is 86.2. The third kappa shape index (κ3) is 9.54. The Kier molecular flexibility index (Phi) is 10.2. The lowest BCUT2D eigenvalue weighted by molar-refractivity contribution is -0.274. The highest BCUT2D eigenvalue weighted by atomic mass is 79.9. The predicted molar refractivity (Wildman–Crippen MR) is 143 cm³/mol. The molecule has 0 atom stereocenters. The van der Waals surface area contributed by atoms with Crippen LogP contribution in [0, 0.1) is 5.41 Å². The summed E-state index contributed by atoms with van der Waals surface area (Å²) in [6.45, 7) is -0.0833. The van der Waals surface area contributed by atoms with Crippen LogP contribution in [-0.4, -0.2) is 35.8 Å². The molecule has 0 aliphatic carbocycles. The second-order valence-electron chi connectivity index (χ2n) is 8.32. The predicted octanol–water partition coefficient (Wildman–Crippen LogP) is 7.08. The van der Waals surface area contributed by atoms with E-state index in [-0.39, 0.29) is 45.6 Å². The van der Waals surface area contributed by atoms with Gasteiger partial charge in [-0.2, -0.15) is 13.2 Å². The van der Waals surface area contributed by atoms with Gasteiger partial charge in [0.15, 0.2) is 0 Å². The number of alkyl halides is 6. The summed E-state index contributed by atoms with van der Waals surface area (Å²) in [7, 11) is 0. The van der Waals surface area contributed by atoms with Crippen molar-refractivity contribution in [3.05, 3.63) is 94.1 Å². The Balaban J connectivity index is 1.84. The van der Waals surface area contributed by atoms with Crippen molar-refractivity contribution in [2.24, 2.45) is 0 Å². The Morgan fingerprint density at radius 2 is 1.50 bits per heavy atom. The lowest BCUT2D eigenvalue weighted by Crippen LogP contribution is -2.25. The molecule has 0 unspecified atom stereocenters. The molecule has 8 nitrogen and oxygen atoms in total. The number of carbonyl (C=O) groups is 2.